The summed E-state index contributed by atoms with van der Waals surface area (Å²) in [4.78, 5) is 31.7. The third kappa shape index (κ3) is 4.89. The van der Waals surface area contributed by atoms with Gasteiger partial charge in [0, 0.05) is 42.1 Å². The summed E-state index contributed by atoms with van der Waals surface area (Å²) in [6, 6.07) is 12.6. The topological polar surface area (TPSA) is 68.4 Å². The predicted octanol–water partition coefficient (Wildman–Crippen LogP) is 4.24. The van der Waals surface area contributed by atoms with Crippen LogP contribution in [0.3, 0.4) is 0 Å². The average molecular weight is 465 g/mol. The van der Waals surface area contributed by atoms with E-state index in [4.69, 9.17) is 11.6 Å². The summed E-state index contributed by atoms with van der Waals surface area (Å²) in [7, 11) is 0. The Labute approximate surface area is 186 Å². The van der Waals surface area contributed by atoms with Crippen molar-refractivity contribution in [3.8, 4) is 0 Å². The fraction of sp³-hybridized carbons (Fsp3) is 0.273. The number of hydrogen-bond donors (Lipinski definition) is 2. The number of para-hydroxylation sites is 1. The molecule has 4 rings (SSSR count). The van der Waals surface area contributed by atoms with Gasteiger partial charge >= 0.3 is 6.18 Å². The molecule has 3 aromatic rings. The number of benzene rings is 2. The zero-order chi connectivity index (χ0) is 22.9. The summed E-state index contributed by atoms with van der Waals surface area (Å²) >= 11 is 5.67. The monoisotopic (exact) mass is 464 g/mol. The largest absolute Gasteiger partial charge is 0.418 e. The number of rotatable bonds is 4. The number of hydrogen-bond acceptors (Lipinski definition) is 3. The number of carbonyl (C=O) groups excluding carboxylic acids is 2. The zero-order valence-electron chi connectivity index (χ0n) is 16.9. The maximum absolute atomic E-state index is 13.2. The van der Waals surface area contributed by atoms with Gasteiger partial charge in [0.15, 0.2) is 0 Å². The van der Waals surface area contributed by atoms with Gasteiger partial charge in [0.05, 0.1) is 17.8 Å². The van der Waals surface area contributed by atoms with E-state index in [9.17, 15) is 22.8 Å². The number of H-pyrrole nitrogens is 1. The van der Waals surface area contributed by atoms with Crippen molar-refractivity contribution >= 4 is 40.0 Å². The van der Waals surface area contributed by atoms with Crippen LogP contribution < -0.4 is 5.32 Å². The maximum Gasteiger partial charge on any atom is 0.418 e. The van der Waals surface area contributed by atoms with E-state index in [0.717, 1.165) is 23.0 Å². The van der Waals surface area contributed by atoms with Crippen molar-refractivity contribution in [2.45, 2.75) is 6.18 Å². The van der Waals surface area contributed by atoms with Crippen molar-refractivity contribution in [1.82, 2.24) is 14.8 Å². The molecule has 0 atom stereocenters. The normalized spacial score (nSPS) is 15.2. The second kappa shape index (κ2) is 8.84. The van der Waals surface area contributed by atoms with Crippen molar-refractivity contribution in [1.29, 1.82) is 0 Å². The number of alkyl halides is 3. The number of nitrogens with zero attached hydrogens (tertiary/aromatic N) is 2. The van der Waals surface area contributed by atoms with Gasteiger partial charge in [-0.1, -0.05) is 29.8 Å². The fourth-order valence-electron chi connectivity index (χ4n) is 3.72. The Bertz CT molecular complexity index is 1120. The molecule has 2 heterocycles. The number of carbonyl (C=O) groups is 2. The van der Waals surface area contributed by atoms with E-state index in [-0.39, 0.29) is 23.2 Å². The molecule has 2 N–H and O–H groups in total. The highest BCUT2D eigenvalue weighted by Crippen LogP contribution is 2.36. The lowest BCUT2D eigenvalue weighted by Crippen LogP contribution is -2.50. The fourth-order valence-corrected chi connectivity index (χ4v) is 3.89. The van der Waals surface area contributed by atoms with Crippen LogP contribution in [0.5, 0.6) is 0 Å². The highest BCUT2D eigenvalue weighted by Gasteiger charge is 2.34. The van der Waals surface area contributed by atoms with Crippen LogP contribution in [0.1, 0.15) is 16.1 Å². The third-order valence-corrected chi connectivity index (χ3v) is 5.58. The molecule has 0 spiro atoms. The van der Waals surface area contributed by atoms with Gasteiger partial charge in [-0.15, -0.1) is 0 Å². The third-order valence-electron chi connectivity index (χ3n) is 5.35. The van der Waals surface area contributed by atoms with Crippen LogP contribution in [0.15, 0.2) is 48.5 Å². The smallest absolute Gasteiger partial charge is 0.351 e. The van der Waals surface area contributed by atoms with Crippen LogP contribution >= 0.6 is 11.6 Å². The minimum atomic E-state index is -4.64. The van der Waals surface area contributed by atoms with Gasteiger partial charge in [0.25, 0.3) is 5.91 Å². The Hall–Kier alpha value is -3.04. The zero-order valence-corrected chi connectivity index (χ0v) is 17.6. The molecule has 32 heavy (non-hydrogen) atoms. The Balaban J connectivity index is 1.33. The van der Waals surface area contributed by atoms with Crippen LogP contribution in [0, 0.1) is 0 Å². The lowest BCUT2D eigenvalue weighted by atomic mass is 10.1. The van der Waals surface area contributed by atoms with E-state index in [0.29, 0.717) is 31.9 Å². The van der Waals surface area contributed by atoms with Crippen molar-refractivity contribution in [3.05, 3.63) is 64.8 Å². The maximum atomic E-state index is 13.2. The van der Waals surface area contributed by atoms with E-state index >= 15 is 0 Å². The molecule has 2 amide bonds. The lowest BCUT2D eigenvalue weighted by Gasteiger charge is -2.34. The first kappa shape index (κ1) is 22.2. The van der Waals surface area contributed by atoms with Crippen LogP contribution in [0.4, 0.5) is 18.9 Å². The summed E-state index contributed by atoms with van der Waals surface area (Å²) in [5, 5.41) is 3.21. The molecule has 1 aliphatic heterocycles. The van der Waals surface area contributed by atoms with E-state index in [1.807, 2.05) is 30.3 Å². The second-order valence-electron chi connectivity index (χ2n) is 7.57. The molecule has 1 aromatic heterocycles. The highest BCUT2D eigenvalue weighted by atomic mass is 35.5. The number of aromatic amines is 1. The molecule has 0 radical (unpaired) electrons. The highest BCUT2D eigenvalue weighted by molar-refractivity contribution is 6.30. The second-order valence-corrected chi connectivity index (χ2v) is 8.01. The summed E-state index contributed by atoms with van der Waals surface area (Å²) in [6.07, 6.45) is -4.64. The SMILES string of the molecule is O=C(CN1CCN(C(=O)c2cc3ccccc3[nH]2)CC1)Nc1ccc(Cl)cc1C(F)(F)F. The summed E-state index contributed by atoms with van der Waals surface area (Å²) < 4.78 is 39.6. The molecule has 0 bridgehead atoms. The van der Waals surface area contributed by atoms with Gasteiger partial charge in [-0.2, -0.15) is 13.2 Å². The Kier molecular flexibility index (Phi) is 6.12. The van der Waals surface area contributed by atoms with Crippen molar-refractivity contribution in [3.63, 3.8) is 0 Å². The minimum absolute atomic E-state index is 0.0638. The molecule has 1 saturated heterocycles. The van der Waals surface area contributed by atoms with Crippen LogP contribution in [0.25, 0.3) is 10.9 Å². The van der Waals surface area contributed by atoms with E-state index < -0.39 is 17.6 Å². The first-order chi connectivity index (χ1) is 15.2. The first-order valence-corrected chi connectivity index (χ1v) is 10.3. The Morgan fingerprint density at radius 1 is 1.03 bits per heavy atom. The van der Waals surface area contributed by atoms with E-state index in [2.05, 4.69) is 10.3 Å². The molecule has 6 nitrogen and oxygen atoms in total. The quantitative estimate of drug-likeness (QED) is 0.607. The van der Waals surface area contributed by atoms with Crippen LogP contribution in [-0.4, -0.2) is 59.3 Å². The van der Waals surface area contributed by atoms with Crippen LogP contribution in [-0.2, 0) is 11.0 Å². The first-order valence-electron chi connectivity index (χ1n) is 9.97. The van der Waals surface area contributed by atoms with Gasteiger partial charge in [-0.25, -0.2) is 0 Å². The van der Waals surface area contributed by atoms with Crippen molar-refractivity contribution in [2.75, 3.05) is 38.0 Å². The number of anilines is 1. The molecular weight excluding hydrogens is 445 g/mol. The van der Waals surface area contributed by atoms with Crippen molar-refractivity contribution in [2.24, 2.45) is 0 Å². The van der Waals surface area contributed by atoms with E-state index in [1.54, 1.807) is 9.80 Å². The summed E-state index contributed by atoms with van der Waals surface area (Å²) in [6.45, 7) is 1.62. The molecule has 1 aliphatic rings. The molecule has 10 heteroatoms. The van der Waals surface area contributed by atoms with Gasteiger partial charge in [-0.3, -0.25) is 14.5 Å². The molecule has 0 unspecified atom stereocenters. The van der Waals surface area contributed by atoms with Crippen molar-refractivity contribution < 1.29 is 22.8 Å². The number of fused-ring (bicyclic) bond motifs is 1. The summed E-state index contributed by atoms with van der Waals surface area (Å²) in [5.41, 5.74) is 0.0537. The summed E-state index contributed by atoms with van der Waals surface area (Å²) in [5.74, 6) is -0.686. The predicted molar refractivity (Wildman–Crippen MR) is 116 cm³/mol. The number of nitrogens with one attached hydrogen (secondary N) is 2. The standard InChI is InChI=1S/C22H20ClF3N4O2/c23-15-5-6-18(16(12-15)22(24,25)26)28-20(31)13-29-7-9-30(10-8-29)21(32)19-11-14-3-1-2-4-17(14)27-19/h1-6,11-12,27H,7-10,13H2,(H,28,31). The Morgan fingerprint density at radius 2 is 1.75 bits per heavy atom. The average Bonchev–Trinajstić information content (AvgIpc) is 3.18. The number of halogens is 4. The molecule has 1 fully saturated rings. The lowest BCUT2D eigenvalue weighted by molar-refractivity contribution is -0.137. The number of amides is 2. The van der Waals surface area contributed by atoms with Gasteiger partial charge in [-0.05, 0) is 30.3 Å². The molecule has 168 valence electrons. The van der Waals surface area contributed by atoms with Gasteiger partial charge < -0.3 is 15.2 Å². The molecule has 0 aliphatic carbocycles. The number of piperazine rings is 1. The Morgan fingerprint density at radius 3 is 2.44 bits per heavy atom. The van der Waals surface area contributed by atoms with E-state index in [1.165, 1.54) is 6.07 Å². The molecule has 0 saturated carbocycles. The molecular formula is C22H20ClF3N4O2. The van der Waals surface area contributed by atoms with Gasteiger partial charge in [0.1, 0.15) is 5.69 Å². The number of aromatic nitrogens is 1. The minimum Gasteiger partial charge on any atom is -0.351 e. The van der Waals surface area contributed by atoms with Crippen LogP contribution in [0.2, 0.25) is 5.02 Å². The van der Waals surface area contributed by atoms with Gasteiger partial charge in [0.2, 0.25) is 5.91 Å². The molecule has 2 aromatic carbocycles.